The van der Waals surface area contributed by atoms with Gasteiger partial charge in [0, 0.05) is 5.69 Å². The standard InChI is InChI=1S/C21H28N2O3S/c1-7-20(21(24)22-18-11-14(2)10-15(3)12-18)23(27(6,25)26)19-9-8-16(4)17(5)13-19/h8-13,20H,7H2,1-6H3,(H,22,24)/t20-/m1/s1. The molecule has 0 aliphatic rings. The highest BCUT2D eigenvalue weighted by Gasteiger charge is 2.31. The van der Waals surface area contributed by atoms with Crippen LogP contribution < -0.4 is 9.62 Å². The first-order valence-corrected chi connectivity index (χ1v) is 10.8. The quantitative estimate of drug-likeness (QED) is 0.810. The summed E-state index contributed by atoms with van der Waals surface area (Å²) in [6, 6.07) is 10.4. The van der Waals surface area contributed by atoms with E-state index < -0.39 is 16.1 Å². The second kappa shape index (κ2) is 8.13. The summed E-state index contributed by atoms with van der Waals surface area (Å²) in [6.45, 7) is 9.62. The third kappa shape index (κ3) is 5.10. The van der Waals surface area contributed by atoms with Gasteiger partial charge in [-0.1, -0.05) is 19.1 Å². The molecule has 2 aromatic carbocycles. The molecule has 0 aliphatic heterocycles. The highest BCUT2D eigenvalue weighted by molar-refractivity contribution is 7.92. The minimum atomic E-state index is -3.64. The van der Waals surface area contributed by atoms with E-state index >= 15 is 0 Å². The highest BCUT2D eigenvalue weighted by Crippen LogP contribution is 2.26. The van der Waals surface area contributed by atoms with E-state index in [9.17, 15) is 13.2 Å². The molecule has 0 aliphatic carbocycles. The second-order valence-electron chi connectivity index (χ2n) is 7.12. The summed E-state index contributed by atoms with van der Waals surface area (Å²) in [5.41, 5.74) is 5.29. The molecule has 0 radical (unpaired) electrons. The Labute approximate surface area is 162 Å². The van der Waals surface area contributed by atoms with Gasteiger partial charge in [0.2, 0.25) is 15.9 Å². The fourth-order valence-corrected chi connectivity index (χ4v) is 4.40. The van der Waals surface area contributed by atoms with Crippen molar-refractivity contribution >= 4 is 27.3 Å². The van der Waals surface area contributed by atoms with E-state index in [0.29, 0.717) is 17.8 Å². The number of rotatable bonds is 6. The second-order valence-corrected chi connectivity index (χ2v) is 8.98. The number of nitrogens with one attached hydrogen (secondary N) is 1. The minimum absolute atomic E-state index is 0.342. The zero-order valence-corrected chi connectivity index (χ0v) is 17.6. The van der Waals surface area contributed by atoms with Gasteiger partial charge < -0.3 is 5.32 Å². The molecule has 0 heterocycles. The van der Waals surface area contributed by atoms with Gasteiger partial charge in [-0.25, -0.2) is 8.42 Å². The van der Waals surface area contributed by atoms with Gasteiger partial charge >= 0.3 is 0 Å². The maximum Gasteiger partial charge on any atom is 0.248 e. The summed E-state index contributed by atoms with van der Waals surface area (Å²) in [5, 5.41) is 2.88. The number of sulfonamides is 1. The normalized spacial score (nSPS) is 12.5. The lowest BCUT2D eigenvalue weighted by molar-refractivity contribution is -0.117. The molecular weight excluding hydrogens is 360 g/mol. The Hall–Kier alpha value is -2.34. The fraction of sp³-hybridized carbons (Fsp3) is 0.381. The maximum absolute atomic E-state index is 13.0. The van der Waals surface area contributed by atoms with Gasteiger partial charge in [-0.2, -0.15) is 0 Å². The smallest absolute Gasteiger partial charge is 0.248 e. The molecule has 2 rings (SSSR count). The van der Waals surface area contributed by atoms with Crippen molar-refractivity contribution in [2.45, 2.75) is 47.1 Å². The Morgan fingerprint density at radius 2 is 1.59 bits per heavy atom. The lowest BCUT2D eigenvalue weighted by Gasteiger charge is -2.30. The zero-order valence-electron chi connectivity index (χ0n) is 16.8. The number of hydrogen-bond acceptors (Lipinski definition) is 3. The Bertz CT molecular complexity index is 932. The van der Waals surface area contributed by atoms with Gasteiger partial charge in [0.25, 0.3) is 0 Å². The molecule has 6 heteroatoms. The van der Waals surface area contributed by atoms with Crippen LogP contribution in [0.5, 0.6) is 0 Å². The number of carbonyl (C=O) groups is 1. The number of hydrogen-bond donors (Lipinski definition) is 1. The fourth-order valence-electron chi connectivity index (χ4n) is 3.20. The van der Waals surface area contributed by atoms with Crippen molar-refractivity contribution in [1.82, 2.24) is 0 Å². The number of anilines is 2. The van der Waals surface area contributed by atoms with Crippen molar-refractivity contribution in [3.63, 3.8) is 0 Å². The van der Waals surface area contributed by atoms with E-state index in [1.54, 1.807) is 6.07 Å². The van der Waals surface area contributed by atoms with E-state index in [-0.39, 0.29) is 5.91 Å². The van der Waals surface area contributed by atoms with Crippen LogP contribution in [0.2, 0.25) is 0 Å². The summed E-state index contributed by atoms with van der Waals surface area (Å²) in [7, 11) is -3.64. The average molecular weight is 389 g/mol. The van der Waals surface area contributed by atoms with Crippen molar-refractivity contribution in [1.29, 1.82) is 0 Å². The third-order valence-corrected chi connectivity index (χ3v) is 5.74. The van der Waals surface area contributed by atoms with Crippen molar-refractivity contribution in [3.8, 4) is 0 Å². The molecule has 1 amide bonds. The molecule has 0 fully saturated rings. The largest absolute Gasteiger partial charge is 0.324 e. The Morgan fingerprint density at radius 1 is 1.00 bits per heavy atom. The van der Waals surface area contributed by atoms with E-state index in [1.165, 1.54) is 4.31 Å². The average Bonchev–Trinajstić information content (AvgIpc) is 2.53. The molecule has 0 aromatic heterocycles. The Kier molecular flexibility index (Phi) is 6.31. The molecular formula is C21H28N2O3S. The molecule has 1 atom stereocenters. The maximum atomic E-state index is 13.0. The van der Waals surface area contributed by atoms with Crippen molar-refractivity contribution in [3.05, 3.63) is 58.7 Å². The first-order valence-electron chi connectivity index (χ1n) is 8.98. The monoisotopic (exact) mass is 388 g/mol. The van der Waals surface area contributed by atoms with Crippen LogP contribution in [-0.2, 0) is 14.8 Å². The van der Waals surface area contributed by atoms with Crippen molar-refractivity contribution < 1.29 is 13.2 Å². The molecule has 146 valence electrons. The summed E-state index contributed by atoms with van der Waals surface area (Å²) in [4.78, 5) is 13.0. The molecule has 27 heavy (non-hydrogen) atoms. The van der Waals surface area contributed by atoms with E-state index in [1.807, 2.05) is 65.0 Å². The number of nitrogens with zero attached hydrogens (tertiary/aromatic N) is 1. The van der Waals surface area contributed by atoms with Crippen LogP contribution in [-0.4, -0.2) is 26.6 Å². The molecule has 0 unspecified atom stereocenters. The van der Waals surface area contributed by atoms with Gasteiger partial charge in [-0.05, 0) is 80.6 Å². The van der Waals surface area contributed by atoms with Crippen LogP contribution in [0.4, 0.5) is 11.4 Å². The van der Waals surface area contributed by atoms with Gasteiger partial charge in [0.15, 0.2) is 0 Å². The van der Waals surface area contributed by atoms with Crippen molar-refractivity contribution in [2.24, 2.45) is 0 Å². The molecule has 1 N–H and O–H groups in total. The topological polar surface area (TPSA) is 66.5 Å². The molecule has 0 saturated carbocycles. The lowest BCUT2D eigenvalue weighted by atomic mass is 10.1. The first-order chi connectivity index (χ1) is 12.5. The lowest BCUT2D eigenvalue weighted by Crippen LogP contribution is -2.47. The minimum Gasteiger partial charge on any atom is -0.324 e. The zero-order chi connectivity index (χ0) is 20.4. The van der Waals surface area contributed by atoms with Crippen LogP contribution in [0.25, 0.3) is 0 Å². The summed E-state index contributed by atoms with van der Waals surface area (Å²) >= 11 is 0. The summed E-state index contributed by atoms with van der Waals surface area (Å²) in [5.74, 6) is -0.342. The van der Waals surface area contributed by atoms with Crippen LogP contribution in [0.15, 0.2) is 36.4 Å². The van der Waals surface area contributed by atoms with Crippen LogP contribution >= 0.6 is 0 Å². The molecule has 2 aromatic rings. The molecule has 0 spiro atoms. The SMILES string of the molecule is CC[C@H](C(=O)Nc1cc(C)cc(C)c1)N(c1ccc(C)c(C)c1)S(C)(=O)=O. The van der Waals surface area contributed by atoms with Crippen LogP contribution in [0.1, 0.15) is 35.6 Å². The van der Waals surface area contributed by atoms with Gasteiger partial charge in [-0.15, -0.1) is 0 Å². The van der Waals surface area contributed by atoms with E-state index in [4.69, 9.17) is 0 Å². The number of aryl methyl sites for hydroxylation is 4. The van der Waals surface area contributed by atoms with E-state index in [2.05, 4.69) is 5.32 Å². The summed E-state index contributed by atoms with van der Waals surface area (Å²) in [6.07, 6.45) is 1.49. The molecule has 5 nitrogen and oxygen atoms in total. The van der Waals surface area contributed by atoms with Crippen molar-refractivity contribution in [2.75, 3.05) is 15.9 Å². The Morgan fingerprint density at radius 3 is 2.07 bits per heavy atom. The molecule has 0 saturated heterocycles. The number of benzene rings is 2. The van der Waals surface area contributed by atoms with Crippen LogP contribution in [0, 0.1) is 27.7 Å². The predicted octanol–water partition coefficient (Wildman–Crippen LogP) is 4.10. The molecule has 0 bridgehead atoms. The van der Waals surface area contributed by atoms with Gasteiger partial charge in [0.1, 0.15) is 6.04 Å². The van der Waals surface area contributed by atoms with Crippen LogP contribution in [0.3, 0.4) is 0 Å². The first kappa shape index (κ1) is 21.0. The number of carbonyl (C=O) groups excluding carboxylic acids is 1. The third-order valence-electron chi connectivity index (χ3n) is 4.56. The highest BCUT2D eigenvalue weighted by atomic mass is 32.2. The van der Waals surface area contributed by atoms with Gasteiger partial charge in [-0.3, -0.25) is 9.10 Å². The predicted molar refractivity (Wildman–Crippen MR) is 112 cm³/mol. The number of amides is 1. The van der Waals surface area contributed by atoms with Gasteiger partial charge in [0.05, 0.1) is 11.9 Å². The van der Waals surface area contributed by atoms with E-state index in [0.717, 1.165) is 28.5 Å². The Balaban J connectivity index is 2.42. The summed E-state index contributed by atoms with van der Waals surface area (Å²) < 4.78 is 26.3.